The maximum absolute atomic E-state index is 12.9. The molecule has 1 heterocycles. The minimum atomic E-state index is -3.01. The second kappa shape index (κ2) is 6.77. The molecule has 0 aromatic heterocycles. The van der Waals surface area contributed by atoms with Gasteiger partial charge in [0.15, 0.2) is 9.84 Å². The molecule has 0 aliphatic carbocycles. The topological polar surface area (TPSA) is 54.5 Å². The first kappa shape index (κ1) is 16.7. The molecular formula is C19H21NO3S. The number of carbonyl (C=O) groups is 1. The third-order valence-electron chi connectivity index (χ3n) is 4.47. The Hall–Kier alpha value is -2.14. The van der Waals surface area contributed by atoms with Gasteiger partial charge in [0.25, 0.3) is 5.91 Å². The fourth-order valence-corrected chi connectivity index (χ4v) is 4.95. The van der Waals surface area contributed by atoms with E-state index in [0.717, 1.165) is 11.1 Å². The summed E-state index contributed by atoms with van der Waals surface area (Å²) in [6, 6.07) is 17.2. The molecule has 0 spiro atoms. The van der Waals surface area contributed by atoms with Gasteiger partial charge in [0.2, 0.25) is 0 Å². The first-order valence-electron chi connectivity index (χ1n) is 8.17. The number of hydrogen-bond acceptors (Lipinski definition) is 3. The average molecular weight is 343 g/mol. The van der Waals surface area contributed by atoms with Crippen LogP contribution in [0.25, 0.3) is 11.1 Å². The molecule has 24 heavy (non-hydrogen) atoms. The van der Waals surface area contributed by atoms with Gasteiger partial charge >= 0.3 is 0 Å². The van der Waals surface area contributed by atoms with Crippen molar-refractivity contribution in [1.82, 2.24) is 4.90 Å². The number of nitrogens with zero attached hydrogens (tertiary/aromatic N) is 1. The number of hydrogen-bond donors (Lipinski definition) is 0. The van der Waals surface area contributed by atoms with Crippen molar-refractivity contribution in [3.8, 4) is 11.1 Å². The van der Waals surface area contributed by atoms with E-state index in [1.165, 1.54) is 0 Å². The van der Waals surface area contributed by atoms with Crippen LogP contribution in [0.1, 0.15) is 23.7 Å². The molecule has 0 bridgehead atoms. The van der Waals surface area contributed by atoms with Gasteiger partial charge in [0.1, 0.15) is 0 Å². The molecule has 2 aromatic carbocycles. The monoisotopic (exact) mass is 343 g/mol. The lowest BCUT2D eigenvalue weighted by Gasteiger charge is -2.27. The third kappa shape index (κ3) is 3.51. The van der Waals surface area contributed by atoms with E-state index >= 15 is 0 Å². The summed E-state index contributed by atoms with van der Waals surface area (Å²) in [7, 11) is -3.01. The fourth-order valence-electron chi connectivity index (χ4n) is 3.22. The smallest absolute Gasteiger partial charge is 0.254 e. The summed E-state index contributed by atoms with van der Waals surface area (Å²) in [5, 5.41) is 0. The minimum absolute atomic E-state index is 0.0744. The molecule has 5 heteroatoms. The van der Waals surface area contributed by atoms with E-state index in [1.807, 2.05) is 55.5 Å². The van der Waals surface area contributed by atoms with Gasteiger partial charge < -0.3 is 4.90 Å². The van der Waals surface area contributed by atoms with Gasteiger partial charge in [-0.1, -0.05) is 42.5 Å². The number of sulfone groups is 1. The zero-order chi connectivity index (χ0) is 17.2. The summed E-state index contributed by atoms with van der Waals surface area (Å²) in [5.74, 6) is 0.147. The van der Waals surface area contributed by atoms with E-state index in [-0.39, 0.29) is 23.5 Å². The summed E-state index contributed by atoms with van der Waals surface area (Å²) < 4.78 is 23.4. The molecule has 126 valence electrons. The van der Waals surface area contributed by atoms with Crippen LogP contribution < -0.4 is 0 Å². The highest BCUT2D eigenvalue weighted by molar-refractivity contribution is 7.91. The molecule has 1 fully saturated rings. The molecule has 4 nitrogen and oxygen atoms in total. The number of benzene rings is 2. The van der Waals surface area contributed by atoms with Crippen LogP contribution in [-0.2, 0) is 9.84 Å². The van der Waals surface area contributed by atoms with E-state index in [0.29, 0.717) is 18.5 Å². The lowest BCUT2D eigenvalue weighted by Crippen LogP contribution is -2.40. The molecule has 1 aliphatic rings. The van der Waals surface area contributed by atoms with Crippen molar-refractivity contribution in [1.29, 1.82) is 0 Å². The lowest BCUT2D eigenvalue weighted by molar-refractivity contribution is 0.0708. The van der Waals surface area contributed by atoms with Gasteiger partial charge in [0.05, 0.1) is 11.5 Å². The first-order chi connectivity index (χ1) is 11.5. The molecule has 3 rings (SSSR count). The van der Waals surface area contributed by atoms with E-state index in [1.54, 1.807) is 11.0 Å². The highest BCUT2D eigenvalue weighted by Crippen LogP contribution is 2.23. The van der Waals surface area contributed by atoms with E-state index in [9.17, 15) is 13.2 Å². The van der Waals surface area contributed by atoms with Crippen LogP contribution in [0.2, 0.25) is 0 Å². The van der Waals surface area contributed by atoms with Gasteiger partial charge in [-0.05, 0) is 36.6 Å². The second-order valence-corrected chi connectivity index (χ2v) is 8.32. The van der Waals surface area contributed by atoms with Crippen LogP contribution in [0.5, 0.6) is 0 Å². The summed E-state index contributed by atoms with van der Waals surface area (Å²) in [5.41, 5.74) is 2.64. The molecule has 0 saturated carbocycles. The summed E-state index contributed by atoms with van der Waals surface area (Å²) in [6.07, 6.45) is 0.528. The molecule has 1 aliphatic heterocycles. The zero-order valence-corrected chi connectivity index (χ0v) is 14.5. The second-order valence-electron chi connectivity index (χ2n) is 6.09. The lowest BCUT2D eigenvalue weighted by atomic mass is 10.0. The Morgan fingerprint density at radius 1 is 1.08 bits per heavy atom. The van der Waals surface area contributed by atoms with Gasteiger partial charge in [-0.2, -0.15) is 0 Å². The fraction of sp³-hybridized carbons (Fsp3) is 0.316. The Morgan fingerprint density at radius 2 is 1.79 bits per heavy atom. The molecule has 0 N–H and O–H groups in total. The maximum Gasteiger partial charge on any atom is 0.254 e. The van der Waals surface area contributed by atoms with Crippen LogP contribution in [0.15, 0.2) is 54.6 Å². The van der Waals surface area contributed by atoms with E-state index in [4.69, 9.17) is 0 Å². The molecule has 1 atom stereocenters. The summed E-state index contributed by atoms with van der Waals surface area (Å²) in [4.78, 5) is 14.6. The van der Waals surface area contributed by atoms with Crippen molar-refractivity contribution in [2.75, 3.05) is 18.1 Å². The van der Waals surface area contributed by atoms with E-state index in [2.05, 4.69) is 0 Å². The molecular weight excluding hydrogens is 322 g/mol. The Labute approximate surface area is 143 Å². The SMILES string of the molecule is CCN(C(=O)c1cccc(-c2ccccc2)c1)C1CCS(=O)(=O)C1. The van der Waals surface area contributed by atoms with Crippen LogP contribution in [0.4, 0.5) is 0 Å². The van der Waals surface area contributed by atoms with Gasteiger partial charge in [-0.15, -0.1) is 0 Å². The Kier molecular flexibility index (Phi) is 4.71. The maximum atomic E-state index is 12.9. The van der Waals surface area contributed by atoms with Crippen molar-refractivity contribution < 1.29 is 13.2 Å². The predicted octanol–water partition coefficient (Wildman–Crippen LogP) is 3.00. The minimum Gasteiger partial charge on any atom is -0.335 e. The Morgan fingerprint density at radius 3 is 2.42 bits per heavy atom. The van der Waals surface area contributed by atoms with Gasteiger partial charge in [-0.25, -0.2) is 8.42 Å². The molecule has 2 aromatic rings. The largest absolute Gasteiger partial charge is 0.335 e. The predicted molar refractivity (Wildman–Crippen MR) is 95.6 cm³/mol. The summed E-state index contributed by atoms with van der Waals surface area (Å²) in [6.45, 7) is 2.40. The van der Waals surface area contributed by atoms with Crippen LogP contribution >= 0.6 is 0 Å². The van der Waals surface area contributed by atoms with Crippen molar-refractivity contribution in [2.24, 2.45) is 0 Å². The normalized spacial score (nSPS) is 19.1. The quantitative estimate of drug-likeness (QED) is 0.857. The van der Waals surface area contributed by atoms with Crippen molar-refractivity contribution in [2.45, 2.75) is 19.4 Å². The van der Waals surface area contributed by atoms with Crippen molar-refractivity contribution >= 4 is 15.7 Å². The highest BCUT2D eigenvalue weighted by Gasteiger charge is 2.34. The van der Waals surface area contributed by atoms with E-state index < -0.39 is 9.84 Å². The molecule has 1 unspecified atom stereocenters. The van der Waals surface area contributed by atoms with Crippen molar-refractivity contribution in [3.63, 3.8) is 0 Å². The molecule has 0 radical (unpaired) electrons. The molecule has 1 amide bonds. The number of carbonyl (C=O) groups excluding carboxylic acids is 1. The zero-order valence-electron chi connectivity index (χ0n) is 13.7. The first-order valence-corrected chi connectivity index (χ1v) is 9.99. The Bertz CT molecular complexity index is 831. The highest BCUT2D eigenvalue weighted by atomic mass is 32.2. The number of amides is 1. The van der Waals surface area contributed by atoms with Crippen LogP contribution in [0, 0.1) is 0 Å². The number of rotatable bonds is 4. The van der Waals surface area contributed by atoms with Gasteiger partial charge in [0, 0.05) is 18.2 Å². The van der Waals surface area contributed by atoms with Crippen LogP contribution in [-0.4, -0.2) is 43.3 Å². The Balaban J connectivity index is 1.86. The third-order valence-corrected chi connectivity index (χ3v) is 6.22. The van der Waals surface area contributed by atoms with Crippen molar-refractivity contribution in [3.05, 3.63) is 60.2 Å². The standard InChI is InChI=1S/C19H21NO3S/c1-2-20(18-11-12-24(22,23)14-18)19(21)17-10-6-9-16(13-17)15-7-4-3-5-8-15/h3-10,13,18H,2,11-12,14H2,1H3. The van der Waals surface area contributed by atoms with Crippen LogP contribution in [0.3, 0.4) is 0 Å². The molecule has 1 saturated heterocycles. The summed E-state index contributed by atoms with van der Waals surface area (Å²) >= 11 is 0. The van der Waals surface area contributed by atoms with Gasteiger partial charge in [-0.3, -0.25) is 4.79 Å². The average Bonchev–Trinajstić information content (AvgIpc) is 2.96.